The van der Waals surface area contributed by atoms with Crippen molar-refractivity contribution in [2.24, 2.45) is 0 Å². The van der Waals surface area contributed by atoms with Crippen molar-refractivity contribution in [2.75, 3.05) is 11.9 Å². The molecular weight excluding hydrogens is 172 g/mol. The second kappa shape index (κ2) is 4.03. The van der Waals surface area contributed by atoms with E-state index in [0.29, 0.717) is 12.2 Å². The van der Waals surface area contributed by atoms with Crippen molar-refractivity contribution < 1.29 is 8.78 Å². The number of benzene rings is 1. The van der Waals surface area contributed by atoms with Gasteiger partial charge < -0.3 is 5.32 Å². The van der Waals surface area contributed by atoms with Gasteiger partial charge in [-0.25, -0.2) is 8.78 Å². The predicted molar refractivity (Wildman–Crippen MR) is 49.7 cm³/mol. The van der Waals surface area contributed by atoms with Crippen LogP contribution in [0.5, 0.6) is 0 Å². The van der Waals surface area contributed by atoms with Crippen LogP contribution in [0.3, 0.4) is 0 Å². The van der Waals surface area contributed by atoms with Crippen molar-refractivity contribution in [3.63, 3.8) is 0 Å². The molecule has 0 aliphatic rings. The van der Waals surface area contributed by atoms with Gasteiger partial charge in [0, 0.05) is 18.3 Å². The highest BCUT2D eigenvalue weighted by Gasteiger charge is 1.99. The second-order valence-corrected chi connectivity index (χ2v) is 2.97. The van der Waals surface area contributed by atoms with Gasteiger partial charge in [0.05, 0.1) is 0 Å². The molecule has 0 aliphatic carbocycles. The third-order valence-electron chi connectivity index (χ3n) is 1.46. The molecule has 0 spiro atoms. The van der Waals surface area contributed by atoms with Crippen LogP contribution in [0.4, 0.5) is 14.5 Å². The van der Waals surface area contributed by atoms with Crippen LogP contribution in [0.25, 0.3) is 0 Å². The van der Waals surface area contributed by atoms with Crippen molar-refractivity contribution in [2.45, 2.75) is 6.92 Å². The van der Waals surface area contributed by atoms with E-state index in [0.717, 1.165) is 11.6 Å². The molecule has 13 heavy (non-hydrogen) atoms. The lowest BCUT2D eigenvalue weighted by atomic mass is 10.3. The minimum atomic E-state index is -0.579. The van der Waals surface area contributed by atoms with Crippen LogP contribution in [0.1, 0.15) is 6.92 Å². The van der Waals surface area contributed by atoms with Crippen LogP contribution in [-0.2, 0) is 0 Å². The quantitative estimate of drug-likeness (QED) is 0.710. The molecule has 1 rings (SSSR count). The Kier molecular flexibility index (Phi) is 3.01. The van der Waals surface area contributed by atoms with Gasteiger partial charge in [-0.3, -0.25) is 0 Å². The molecule has 0 heterocycles. The van der Waals surface area contributed by atoms with Gasteiger partial charge in [-0.1, -0.05) is 12.2 Å². The van der Waals surface area contributed by atoms with E-state index in [1.54, 1.807) is 0 Å². The topological polar surface area (TPSA) is 12.0 Å². The van der Waals surface area contributed by atoms with E-state index in [-0.39, 0.29) is 0 Å². The first-order valence-electron chi connectivity index (χ1n) is 3.92. The summed E-state index contributed by atoms with van der Waals surface area (Å²) < 4.78 is 25.3. The fourth-order valence-electron chi connectivity index (χ4n) is 0.909. The van der Waals surface area contributed by atoms with Crippen LogP contribution in [0, 0.1) is 11.6 Å². The minimum absolute atomic E-state index is 0.431. The smallest absolute Gasteiger partial charge is 0.128 e. The van der Waals surface area contributed by atoms with Gasteiger partial charge in [-0.15, -0.1) is 0 Å². The average molecular weight is 183 g/mol. The third kappa shape index (κ3) is 3.23. The van der Waals surface area contributed by atoms with Gasteiger partial charge in [0.25, 0.3) is 0 Å². The lowest BCUT2D eigenvalue weighted by Crippen LogP contribution is -2.02. The van der Waals surface area contributed by atoms with Crippen molar-refractivity contribution in [1.29, 1.82) is 0 Å². The molecule has 0 aromatic heterocycles. The summed E-state index contributed by atoms with van der Waals surface area (Å²) in [7, 11) is 0. The average Bonchev–Trinajstić information content (AvgIpc) is 1.99. The lowest BCUT2D eigenvalue weighted by Gasteiger charge is -2.05. The van der Waals surface area contributed by atoms with Crippen molar-refractivity contribution in [1.82, 2.24) is 0 Å². The molecule has 0 saturated heterocycles. The number of nitrogens with one attached hydrogen (secondary N) is 1. The SMILES string of the molecule is C=C(C)CNc1cc(F)cc(F)c1. The van der Waals surface area contributed by atoms with Crippen LogP contribution in [0.15, 0.2) is 30.4 Å². The molecule has 1 aromatic rings. The van der Waals surface area contributed by atoms with E-state index in [2.05, 4.69) is 11.9 Å². The highest BCUT2D eigenvalue weighted by atomic mass is 19.1. The van der Waals surface area contributed by atoms with Crippen molar-refractivity contribution in [3.05, 3.63) is 42.0 Å². The van der Waals surface area contributed by atoms with Crippen LogP contribution in [0.2, 0.25) is 0 Å². The summed E-state index contributed by atoms with van der Waals surface area (Å²) in [5.41, 5.74) is 1.34. The Morgan fingerprint density at radius 3 is 2.31 bits per heavy atom. The number of halogens is 2. The Morgan fingerprint density at radius 1 is 1.31 bits per heavy atom. The molecule has 1 aromatic carbocycles. The Bertz CT molecular complexity index is 300. The Labute approximate surface area is 76.1 Å². The molecule has 0 unspecified atom stereocenters. The molecule has 0 radical (unpaired) electrons. The van der Waals surface area contributed by atoms with E-state index < -0.39 is 11.6 Å². The summed E-state index contributed by atoms with van der Waals surface area (Å²) in [5, 5.41) is 2.85. The van der Waals surface area contributed by atoms with Crippen LogP contribution < -0.4 is 5.32 Å². The fraction of sp³-hybridized carbons (Fsp3) is 0.200. The molecule has 0 aliphatic heterocycles. The van der Waals surface area contributed by atoms with Crippen molar-refractivity contribution in [3.8, 4) is 0 Å². The number of hydrogen-bond donors (Lipinski definition) is 1. The van der Waals surface area contributed by atoms with E-state index in [1.807, 2.05) is 6.92 Å². The van der Waals surface area contributed by atoms with E-state index >= 15 is 0 Å². The molecule has 1 nitrogen and oxygen atoms in total. The zero-order valence-corrected chi connectivity index (χ0v) is 7.40. The first kappa shape index (κ1) is 9.71. The van der Waals surface area contributed by atoms with Gasteiger partial charge in [0.1, 0.15) is 11.6 Å². The van der Waals surface area contributed by atoms with Gasteiger partial charge >= 0.3 is 0 Å². The van der Waals surface area contributed by atoms with E-state index in [9.17, 15) is 8.78 Å². The summed E-state index contributed by atoms with van der Waals surface area (Å²) >= 11 is 0. The summed E-state index contributed by atoms with van der Waals surface area (Å²) in [6.07, 6.45) is 0. The van der Waals surface area contributed by atoms with Gasteiger partial charge in [-0.05, 0) is 19.1 Å². The van der Waals surface area contributed by atoms with E-state index in [4.69, 9.17) is 0 Å². The Hall–Kier alpha value is -1.38. The second-order valence-electron chi connectivity index (χ2n) is 2.97. The maximum absolute atomic E-state index is 12.7. The Morgan fingerprint density at radius 2 is 1.85 bits per heavy atom. The van der Waals surface area contributed by atoms with Crippen molar-refractivity contribution >= 4 is 5.69 Å². The summed E-state index contributed by atoms with van der Waals surface area (Å²) in [6.45, 7) is 6.02. The molecule has 0 amide bonds. The standard InChI is InChI=1S/C10H11F2N/c1-7(2)6-13-10-4-8(11)3-9(12)5-10/h3-5,13H,1,6H2,2H3. The maximum Gasteiger partial charge on any atom is 0.128 e. The molecular formula is C10H11F2N. The van der Waals surface area contributed by atoms with Crippen LogP contribution in [-0.4, -0.2) is 6.54 Å². The molecule has 0 fully saturated rings. The Balaban J connectivity index is 2.71. The summed E-state index contributed by atoms with van der Waals surface area (Å²) in [4.78, 5) is 0. The molecule has 0 atom stereocenters. The zero-order chi connectivity index (χ0) is 9.84. The number of rotatable bonds is 3. The van der Waals surface area contributed by atoms with E-state index in [1.165, 1.54) is 12.1 Å². The monoisotopic (exact) mass is 183 g/mol. The largest absolute Gasteiger partial charge is 0.381 e. The summed E-state index contributed by atoms with van der Waals surface area (Å²) in [5.74, 6) is -1.16. The molecule has 0 saturated carbocycles. The van der Waals surface area contributed by atoms with Gasteiger partial charge in [0.15, 0.2) is 0 Å². The minimum Gasteiger partial charge on any atom is -0.381 e. The first-order chi connectivity index (χ1) is 6.08. The molecule has 1 N–H and O–H groups in total. The molecule has 3 heteroatoms. The zero-order valence-electron chi connectivity index (χ0n) is 7.40. The van der Waals surface area contributed by atoms with Gasteiger partial charge in [-0.2, -0.15) is 0 Å². The predicted octanol–water partition coefficient (Wildman–Crippen LogP) is 2.95. The maximum atomic E-state index is 12.7. The third-order valence-corrected chi connectivity index (χ3v) is 1.46. The number of hydrogen-bond acceptors (Lipinski definition) is 1. The molecule has 0 bridgehead atoms. The lowest BCUT2D eigenvalue weighted by molar-refractivity contribution is 0.584. The summed E-state index contributed by atoms with van der Waals surface area (Å²) in [6, 6.07) is 3.32. The highest BCUT2D eigenvalue weighted by molar-refractivity contribution is 5.44. The highest BCUT2D eigenvalue weighted by Crippen LogP contribution is 2.12. The molecule has 70 valence electrons. The number of anilines is 1. The van der Waals surface area contributed by atoms with Gasteiger partial charge in [0.2, 0.25) is 0 Å². The first-order valence-corrected chi connectivity index (χ1v) is 3.92. The normalized spacial score (nSPS) is 9.77. The van der Waals surface area contributed by atoms with Crippen LogP contribution >= 0.6 is 0 Å². The fourth-order valence-corrected chi connectivity index (χ4v) is 0.909.